The van der Waals surface area contributed by atoms with Crippen LogP contribution in [0.2, 0.25) is 0 Å². The fraction of sp³-hybridized carbons (Fsp3) is 1.00. The number of hydrogen-bond acceptors (Lipinski definition) is 5. The highest BCUT2D eigenvalue weighted by Crippen LogP contribution is 2.15. The zero-order chi connectivity index (χ0) is 14.3. The summed E-state index contributed by atoms with van der Waals surface area (Å²) in [6.45, 7) is 9.21. The highest BCUT2D eigenvalue weighted by molar-refractivity contribution is 4.80. The van der Waals surface area contributed by atoms with Crippen molar-refractivity contribution in [3.05, 3.63) is 0 Å². The predicted octanol–water partition coefficient (Wildman–Crippen LogP) is 0.162. The Morgan fingerprint density at radius 1 is 1.26 bits per heavy atom. The molecule has 1 aliphatic rings. The smallest absolute Gasteiger partial charge is 0.0793 e. The van der Waals surface area contributed by atoms with Crippen LogP contribution in [-0.4, -0.2) is 84.7 Å². The first kappa shape index (κ1) is 16.9. The Morgan fingerprint density at radius 3 is 2.37 bits per heavy atom. The van der Waals surface area contributed by atoms with E-state index in [-0.39, 0.29) is 6.10 Å². The Morgan fingerprint density at radius 2 is 1.84 bits per heavy atom. The van der Waals surface area contributed by atoms with Crippen LogP contribution in [0.3, 0.4) is 0 Å². The van der Waals surface area contributed by atoms with Gasteiger partial charge in [-0.1, -0.05) is 13.8 Å². The maximum atomic E-state index is 10.3. The molecule has 1 atom stereocenters. The maximum absolute atomic E-state index is 10.3. The second-order valence-corrected chi connectivity index (χ2v) is 5.70. The topological polar surface area (TPSA) is 56.2 Å². The summed E-state index contributed by atoms with van der Waals surface area (Å²) in [6, 6.07) is 0. The normalized spacial score (nSPS) is 19.9. The van der Waals surface area contributed by atoms with E-state index in [0.717, 1.165) is 39.1 Å². The Balaban J connectivity index is 2.28. The van der Waals surface area contributed by atoms with E-state index in [0.29, 0.717) is 19.6 Å². The molecule has 0 amide bonds. The highest BCUT2D eigenvalue weighted by Gasteiger charge is 2.25. The molecule has 5 heteroatoms. The monoisotopic (exact) mass is 274 g/mol. The van der Waals surface area contributed by atoms with Gasteiger partial charge < -0.3 is 19.8 Å². The molecule has 114 valence electrons. The summed E-state index contributed by atoms with van der Waals surface area (Å²) in [5.41, 5.74) is -0.632. The van der Waals surface area contributed by atoms with Crippen LogP contribution in [0.4, 0.5) is 0 Å². The zero-order valence-electron chi connectivity index (χ0n) is 12.6. The van der Waals surface area contributed by atoms with Gasteiger partial charge in [-0.3, -0.25) is 4.90 Å². The number of aliphatic hydroxyl groups is 2. The first-order valence-electron chi connectivity index (χ1n) is 7.38. The molecular formula is C14H30N2O3. The molecule has 0 aromatic heterocycles. The molecule has 1 rings (SSSR count). The van der Waals surface area contributed by atoms with Crippen LogP contribution >= 0.6 is 0 Å². The van der Waals surface area contributed by atoms with Gasteiger partial charge in [0.05, 0.1) is 24.9 Å². The molecule has 19 heavy (non-hydrogen) atoms. The lowest BCUT2D eigenvalue weighted by Gasteiger charge is -2.33. The van der Waals surface area contributed by atoms with Gasteiger partial charge in [0.1, 0.15) is 0 Å². The lowest BCUT2D eigenvalue weighted by molar-refractivity contribution is -0.0178. The largest absolute Gasteiger partial charge is 0.390 e. The summed E-state index contributed by atoms with van der Waals surface area (Å²) in [5, 5.41) is 20.4. The van der Waals surface area contributed by atoms with Crippen molar-refractivity contribution in [3.8, 4) is 0 Å². The molecule has 1 heterocycles. The van der Waals surface area contributed by atoms with Gasteiger partial charge in [-0.2, -0.15) is 0 Å². The summed E-state index contributed by atoms with van der Waals surface area (Å²) < 4.78 is 5.29. The average molecular weight is 274 g/mol. The molecule has 0 radical (unpaired) electrons. The Kier molecular flexibility index (Phi) is 7.25. The van der Waals surface area contributed by atoms with Crippen molar-refractivity contribution in [1.29, 1.82) is 0 Å². The molecule has 2 N–H and O–H groups in total. The standard InChI is InChI=1S/C14H30N2O3/c1-4-14(18,5-2)12-15(3)10-13(17)11-16-6-8-19-9-7-16/h13,17-18H,4-12H2,1-3H3. The van der Waals surface area contributed by atoms with Crippen molar-refractivity contribution in [2.24, 2.45) is 0 Å². The van der Waals surface area contributed by atoms with Crippen LogP contribution in [-0.2, 0) is 4.74 Å². The van der Waals surface area contributed by atoms with E-state index in [2.05, 4.69) is 4.90 Å². The number of morpholine rings is 1. The molecule has 0 aromatic rings. The molecule has 1 saturated heterocycles. The van der Waals surface area contributed by atoms with Crippen LogP contribution in [0, 0.1) is 0 Å². The zero-order valence-corrected chi connectivity index (χ0v) is 12.6. The number of aliphatic hydroxyl groups excluding tert-OH is 1. The molecule has 0 aliphatic carbocycles. The van der Waals surface area contributed by atoms with Crippen molar-refractivity contribution in [3.63, 3.8) is 0 Å². The van der Waals surface area contributed by atoms with Crippen LogP contribution in [0.15, 0.2) is 0 Å². The fourth-order valence-corrected chi connectivity index (χ4v) is 2.54. The highest BCUT2D eigenvalue weighted by atomic mass is 16.5. The molecule has 1 aliphatic heterocycles. The molecule has 0 aromatic carbocycles. The van der Waals surface area contributed by atoms with Crippen LogP contribution < -0.4 is 0 Å². The SMILES string of the molecule is CCC(O)(CC)CN(C)CC(O)CN1CCOCC1. The second-order valence-electron chi connectivity index (χ2n) is 5.70. The minimum atomic E-state index is -0.632. The lowest BCUT2D eigenvalue weighted by Crippen LogP contribution is -2.47. The van der Waals surface area contributed by atoms with Crippen molar-refractivity contribution in [1.82, 2.24) is 9.80 Å². The van der Waals surface area contributed by atoms with Gasteiger partial charge in [-0.15, -0.1) is 0 Å². The molecule has 1 fully saturated rings. The minimum absolute atomic E-state index is 0.374. The van der Waals surface area contributed by atoms with Gasteiger partial charge in [0, 0.05) is 32.7 Å². The number of hydrogen-bond donors (Lipinski definition) is 2. The van der Waals surface area contributed by atoms with E-state index < -0.39 is 5.60 Å². The van der Waals surface area contributed by atoms with Gasteiger partial charge >= 0.3 is 0 Å². The van der Waals surface area contributed by atoms with Gasteiger partial charge in [-0.05, 0) is 19.9 Å². The Bertz CT molecular complexity index is 241. The third-order valence-corrected chi connectivity index (χ3v) is 3.98. The van der Waals surface area contributed by atoms with E-state index in [4.69, 9.17) is 4.74 Å². The van der Waals surface area contributed by atoms with E-state index in [1.807, 2.05) is 25.8 Å². The quantitative estimate of drug-likeness (QED) is 0.660. The van der Waals surface area contributed by atoms with Crippen molar-refractivity contribution < 1.29 is 14.9 Å². The molecule has 1 unspecified atom stereocenters. The molecule has 0 bridgehead atoms. The van der Waals surface area contributed by atoms with Gasteiger partial charge in [0.25, 0.3) is 0 Å². The van der Waals surface area contributed by atoms with Gasteiger partial charge in [0.15, 0.2) is 0 Å². The van der Waals surface area contributed by atoms with Crippen LogP contribution in [0.1, 0.15) is 26.7 Å². The summed E-state index contributed by atoms with van der Waals surface area (Å²) in [6.07, 6.45) is 1.11. The third-order valence-electron chi connectivity index (χ3n) is 3.98. The Hall–Kier alpha value is -0.200. The van der Waals surface area contributed by atoms with Crippen molar-refractivity contribution in [2.75, 3.05) is 53.0 Å². The average Bonchev–Trinajstić information content (AvgIpc) is 2.39. The number of rotatable bonds is 8. The second kappa shape index (κ2) is 8.17. The maximum Gasteiger partial charge on any atom is 0.0793 e. The fourth-order valence-electron chi connectivity index (χ4n) is 2.54. The summed E-state index contributed by atoms with van der Waals surface area (Å²) >= 11 is 0. The third kappa shape index (κ3) is 6.19. The molecule has 0 saturated carbocycles. The van der Waals surface area contributed by atoms with Crippen molar-refractivity contribution in [2.45, 2.75) is 38.4 Å². The van der Waals surface area contributed by atoms with Gasteiger partial charge in [-0.25, -0.2) is 0 Å². The number of likely N-dealkylation sites (N-methyl/N-ethyl adjacent to an activating group) is 1. The van der Waals surface area contributed by atoms with E-state index in [9.17, 15) is 10.2 Å². The van der Waals surface area contributed by atoms with E-state index in [1.165, 1.54) is 0 Å². The van der Waals surface area contributed by atoms with E-state index >= 15 is 0 Å². The minimum Gasteiger partial charge on any atom is -0.390 e. The number of ether oxygens (including phenoxy) is 1. The predicted molar refractivity (Wildman–Crippen MR) is 76.3 cm³/mol. The number of β-amino-alcohol motifs (C(OH)–C–C–N with tert-alkyl or cyclic N) is 1. The van der Waals surface area contributed by atoms with Crippen molar-refractivity contribution >= 4 is 0 Å². The first-order valence-corrected chi connectivity index (χ1v) is 7.38. The lowest BCUT2D eigenvalue weighted by atomic mass is 9.97. The molecular weight excluding hydrogens is 244 g/mol. The first-order chi connectivity index (χ1) is 8.99. The van der Waals surface area contributed by atoms with Crippen LogP contribution in [0.25, 0.3) is 0 Å². The Labute approximate surface area is 117 Å². The summed E-state index contributed by atoms with van der Waals surface area (Å²) in [5.74, 6) is 0. The number of nitrogens with zero attached hydrogens (tertiary/aromatic N) is 2. The van der Waals surface area contributed by atoms with Gasteiger partial charge in [0.2, 0.25) is 0 Å². The molecule has 0 spiro atoms. The van der Waals surface area contributed by atoms with Crippen LogP contribution in [0.5, 0.6) is 0 Å². The molecule has 5 nitrogen and oxygen atoms in total. The van der Waals surface area contributed by atoms with E-state index in [1.54, 1.807) is 0 Å². The summed E-state index contributed by atoms with van der Waals surface area (Å²) in [4.78, 5) is 4.26. The summed E-state index contributed by atoms with van der Waals surface area (Å²) in [7, 11) is 1.96.